The van der Waals surface area contributed by atoms with E-state index in [1.165, 1.54) is 6.42 Å². The average Bonchev–Trinajstić information content (AvgIpc) is 3.07. The average molecular weight is 349 g/mol. The second-order valence-corrected chi connectivity index (χ2v) is 6.34. The van der Waals surface area contributed by atoms with Crippen LogP contribution in [0.25, 0.3) is 0 Å². The highest BCUT2D eigenvalue weighted by Crippen LogP contribution is 2.36. The largest absolute Gasteiger partial charge is 0.343 e. The van der Waals surface area contributed by atoms with Gasteiger partial charge in [0.1, 0.15) is 0 Å². The van der Waals surface area contributed by atoms with Crippen LogP contribution in [0.2, 0.25) is 0 Å². The number of hydrogen-bond donors (Lipinski definition) is 1. The Kier molecular flexibility index (Phi) is 7.16. The van der Waals surface area contributed by atoms with Crippen molar-refractivity contribution in [3.05, 3.63) is 18.0 Å². The van der Waals surface area contributed by atoms with Gasteiger partial charge in [-0.25, -0.2) is 0 Å². The predicted molar refractivity (Wildman–Crippen MR) is 91.8 cm³/mol. The lowest BCUT2D eigenvalue weighted by atomic mass is 9.78. The van der Waals surface area contributed by atoms with Crippen LogP contribution in [0.3, 0.4) is 0 Å². The van der Waals surface area contributed by atoms with Crippen molar-refractivity contribution in [1.29, 1.82) is 0 Å². The number of amides is 1. The maximum absolute atomic E-state index is 12.3. The summed E-state index contributed by atoms with van der Waals surface area (Å²) in [6, 6.07) is 0. The van der Waals surface area contributed by atoms with E-state index in [2.05, 4.69) is 10.4 Å². The van der Waals surface area contributed by atoms with Gasteiger partial charge in [-0.2, -0.15) is 5.10 Å². The zero-order valence-corrected chi connectivity index (χ0v) is 14.7. The highest BCUT2D eigenvalue weighted by atomic mass is 35.5. The molecule has 1 amide bonds. The number of halogens is 2. The van der Waals surface area contributed by atoms with Crippen LogP contribution in [0.4, 0.5) is 0 Å². The number of nitrogens with one attached hydrogen (secondary N) is 1. The van der Waals surface area contributed by atoms with E-state index in [4.69, 9.17) is 0 Å². The molecule has 0 saturated carbocycles. The summed E-state index contributed by atoms with van der Waals surface area (Å²) < 4.78 is 1.86. The number of hydrogen-bond acceptors (Lipinski definition) is 3. The highest BCUT2D eigenvalue weighted by molar-refractivity contribution is 5.85. The number of carbonyl (C=O) groups excluding carboxylic acids is 1. The first-order valence-corrected chi connectivity index (χ1v) is 7.65. The molecule has 7 heteroatoms. The van der Waals surface area contributed by atoms with E-state index < -0.39 is 0 Å². The minimum atomic E-state index is 0. The molecule has 2 saturated heterocycles. The van der Waals surface area contributed by atoms with Gasteiger partial charge in [0.2, 0.25) is 5.91 Å². The molecule has 2 aliphatic heterocycles. The smallest absolute Gasteiger partial charge is 0.224 e. The molecule has 5 nitrogen and oxygen atoms in total. The summed E-state index contributed by atoms with van der Waals surface area (Å²) in [7, 11) is 0. The molecule has 1 aromatic heterocycles. The fourth-order valence-electron chi connectivity index (χ4n) is 3.41. The Morgan fingerprint density at radius 3 is 2.59 bits per heavy atom. The van der Waals surface area contributed by atoms with Crippen LogP contribution in [0.15, 0.2) is 12.4 Å². The monoisotopic (exact) mass is 348 g/mol. The van der Waals surface area contributed by atoms with E-state index in [9.17, 15) is 4.79 Å². The normalized spacial score (nSPS) is 19.6. The van der Waals surface area contributed by atoms with E-state index in [1.807, 2.05) is 28.9 Å². The Balaban J connectivity index is 0.00000121. The molecule has 126 valence electrons. The molecule has 22 heavy (non-hydrogen) atoms. The first-order valence-electron chi connectivity index (χ1n) is 7.65. The minimum absolute atomic E-state index is 0. The number of aryl methyl sites for hydroxylation is 2. The van der Waals surface area contributed by atoms with Crippen LogP contribution in [0.1, 0.15) is 31.2 Å². The third-order valence-electron chi connectivity index (χ3n) is 4.83. The van der Waals surface area contributed by atoms with Gasteiger partial charge in [-0.1, -0.05) is 0 Å². The second-order valence-electron chi connectivity index (χ2n) is 6.34. The van der Waals surface area contributed by atoms with E-state index in [1.54, 1.807) is 0 Å². The van der Waals surface area contributed by atoms with Crippen molar-refractivity contribution in [2.24, 2.45) is 5.41 Å². The van der Waals surface area contributed by atoms with Crippen molar-refractivity contribution >= 4 is 30.7 Å². The number of rotatable bonds is 3. The Hall–Kier alpha value is -0.780. The molecule has 0 aliphatic carbocycles. The summed E-state index contributed by atoms with van der Waals surface area (Å²) in [4.78, 5) is 14.3. The summed E-state index contributed by atoms with van der Waals surface area (Å²) in [5, 5.41) is 7.69. The van der Waals surface area contributed by atoms with Gasteiger partial charge >= 0.3 is 0 Å². The predicted octanol–water partition coefficient (Wildman–Crippen LogP) is 2.03. The lowest BCUT2D eigenvalue weighted by molar-refractivity contribution is -0.133. The summed E-state index contributed by atoms with van der Waals surface area (Å²) in [5.74, 6) is 0.277. The van der Waals surface area contributed by atoms with E-state index in [0.29, 0.717) is 18.4 Å². The molecular weight excluding hydrogens is 323 g/mol. The molecule has 0 atom stereocenters. The maximum atomic E-state index is 12.3. The van der Waals surface area contributed by atoms with E-state index >= 15 is 0 Å². The van der Waals surface area contributed by atoms with Crippen LogP contribution in [0, 0.1) is 12.3 Å². The quantitative estimate of drug-likeness (QED) is 0.909. The molecule has 0 bridgehead atoms. The summed E-state index contributed by atoms with van der Waals surface area (Å²) in [6.45, 7) is 6.85. The van der Waals surface area contributed by atoms with Gasteiger partial charge < -0.3 is 10.2 Å². The zero-order valence-electron chi connectivity index (χ0n) is 13.1. The van der Waals surface area contributed by atoms with E-state index in [0.717, 1.165) is 44.6 Å². The molecule has 1 spiro atoms. The first kappa shape index (κ1) is 19.3. The van der Waals surface area contributed by atoms with Gasteiger partial charge in [-0.05, 0) is 43.7 Å². The fourth-order valence-corrected chi connectivity index (χ4v) is 3.41. The van der Waals surface area contributed by atoms with Gasteiger partial charge in [-0.15, -0.1) is 24.8 Å². The third-order valence-corrected chi connectivity index (χ3v) is 4.83. The Labute approximate surface area is 144 Å². The Morgan fingerprint density at radius 2 is 2.05 bits per heavy atom. The van der Waals surface area contributed by atoms with Crippen molar-refractivity contribution in [2.75, 3.05) is 26.2 Å². The van der Waals surface area contributed by atoms with Crippen LogP contribution in [-0.2, 0) is 11.3 Å². The molecule has 2 aliphatic rings. The van der Waals surface area contributed by atoms with Crippen molar-refractivity contribution < 1.29 is 4.79 Å². The molecule has 3 rings (SSSR count). The number of nitrogens with zero attached hydrogens (tertiary/aromatic N) is 3. The Bertz CT molecular complexity index is 476. The molecule has 2 fully saturated rings. The van der Waals surface area contributed by atoms with E-state index in [-0.39, 0.29) is 30.7 Å². The van der Waals surface area contributed by atoms with Gasteiger partial charge in [0, 0.05) is 38.8 Å². The molecule has 0 aromatic carbocycles. The Morgan fingerprint density at radius 1 is 1.32 bits per heavy atom. The first-order chi connectivity index (χ1) is 9.67. The van der Waals surface area contributed by atoms with Crippen LogP contribution in [-0.4, -0.2) is 46.8 Å². The second kappa shape index (κ2) is 8.18. The van der Waals surface area contributed by atoms with Crippen LogP contribution >= 0.6 is 24.8 Å². The zero-order chi connectivity index (χ0) is 14.0. The topological polar surface area (TPSA) is 50.2 Å². The fraction of sp³-hybridized carbons (Fsp3) is 0.733. The van der Waals surface area contributed by atoms with Gasteiger partial charge in [0.25, 0.3) is 0 Å². The summed E-state index contributed by atoms with van der Waals surface area (Å²) in [5.41, 5.74) is 1.63. The maximum Gasteiger partial charge on any atom is 0.224 e. The summed E-state index contributed by atoms with van der Waals surface area (Å²) in [6.07, 6.45) is 7.98. The number of aromatic nitrogens is 2. The van der Waals surface area contributed by atoms with Gasteiger partial charge in [0.15, 0.2) is 0 Å². The van der Waals surface area contributed by atoms with Crippen molar-refractivity contribution in [3.63, 3.8) is 0 Å². The molecular formula is C15H26Cl2N4O. The molecule has 0 unspecified atom stereocenters. The van der Waals surface area contributed by atoms with Crippen LogP contribution < -0.4 is 5.32 Å². The third kappa shape index (κ3) is 4.37. The lowest BCUT2D eigenvalue weighted by Crippen LogP contribution is -2.44. The van der Waals surface area contributed by atoms with Crippen molar-refractivity contribution in [3.8, 4) is 0 Å². The number of piperidine rings is 1. The van der Waals surface area contributed by atoms with Crippen molar-refractivity contribution in [1.82, 2.24) is 20.0 Å². The lowest BCUT2D eigenvalue weighted by Gasteiger charge is -2.39. The van der Waals surface area contributed by atoms with Crippen molar-refractivity contribution in [2.45, 2.75) is 39.2 Å². The highest BCUT2D eigenvalue weighted by Gasteiger charge is 2.37. The minimum Gasteiger partial charge on any atom is -0.343 e. The van der Waals surface area contributed by atoms with Gasteiger partial charge in [-0.3, -0.25) is 9.48 Å². The molecule has 1 aromatic rings. The summed E-state index contributed by atoms with van der Waals surface area (Å²) >= 11 is 0. The molecule has 1 N–H and O–H groups in total. The van der Waals surface area contributed by atoms with Crippen LogP contribution in [0.5, 0.6) is 0 Å². The standard InChI is InChI=1S/C15H24N4O.2ClH/c1-13-10-17-19(11-13)7-2-14(20)18-8-4-15(5-9-18)3-6-16-12-15;;/h10-11,16H,2-9,12H2,1H3;2*1H. The van der Waals surface area contributed by atoms with Gasteiger partial charge in [0.05, 0.1) is 6.20 Å². The molecule has 0 radical (unpaired) electrons. The number of likely N-dealkylation sites (tertiary alicyclic amines) is 1. The molecule has 3 heterocycles. The number of carbonyl (C=O) groups is 1. The SMILES string of the molecule is Cc1cnn(CCC(=O)N2CCC3(CCNC3)CC2)c1.Cl.Cl.